The molecular formula is C35H41N7O4. The van der Waals surface area contributed by atoms with E-state index in [1.807, 2.05) is 50.2 Å². The normalized spacial score (nSPS) is 15.1. The quantitative estimate of drug-likeness (QED) is 0.231. The first-order valence-electron chi connectivity index (χ1n) is 15.5. The Bertz CT molecular complexity index is 1720. The van der Waals surface area contributed by atoms with Crippen LogP contribution >= 0.6 is 0 Å². The maximum Gasteiger partial charge on any atom is 0.335 e. The topological polar surface area (TPSA) is 95.5 Å². The van der Waals surface area contributed by atoms with E-state index in [-0.39, 0.29) is 6.03 Å². The number of ether oxygens (including phenoxy) is 3. The van der Waals surface area contributed by atoms with E-state index in [1.165, 1.54) is 0 Å². The molecule has 0 bridgehead atoms. The fourth-order valence-electron chi connectivity index (χ4n) is 6.23. The monoisotopic (exact) mass is 623 g/mol. The number of fused-ring (bicyclic) bond motifs is 1. The largest absolute Gasteiger partial charge is 0.497 e. The number of carbonyl (C=O) groups is 1. The molecule has 2 aliphatic heterocycles. The molecule has 4 aromatic rings. The summed E-state index contributed by atoms with van der Waals surface area (Å²) < 4.78 is 17.0. The summed E-state index contributed by atoms with van der Waals surface area (Å²) in [5.74, 6) is 2.59. The highest BCUT2D eigenvalue weighted by atomic mass is 16.5. The van der Waals surface area contributed by atoms with Gasteiger partial charge in [0.25, 0.3) is 0 Å². The average molecular weight is 624 g/mol. The second kappa shape index (κ2) is 13.1. The summed E-state index contributed by atoms with van der Waals surface area (Å²) in [5, 5.41) is 3.34. The van der Waals surface area contributed by atoms with Crippen molar-refractivity contribution in [1.29, 1.82) is 0 Å². The molecule has 2 amide bonds. The number of piperazine rings is 1. The highest BCUT2D eigenvalue weighted by Crippen LogP contribution is 2.43. The fourth-order valence-corrected chi connectivity index (χ4v) is 6.23. The van der Waals surface area contributed by atoms with Gasteiger partial charge in [0.05, 0.1) is 44.9 Å². The number of nitrogens with one attached hydrogen (secondary N) is 1. The van der Waals surface area contributed by atoms with Gasteiger partial charge >= 0.3 is 6.03 Å². The summed E-state index contributed by atoms with van der Waals surface area (Å²) >= 11 is 0. The van der Waals surface area contributed by atoms with Crippen molar-refractivity contribution in [2.45, 2.75) is 27.3 Å². The van der Waals surface area contributed by atoms with E-state index in [0.717, 1.165) is 66.5 Å². The SMILES string of the molecule is CCN1CCN(c2ccc(Nc3ncc4c(n3)N(c3ccc(OC)cc3OC)C(=O)N(c3c(C)cccc3C)C4)c(OC)c2)CC1. The Hall–Kier alpha value is -5.03. The van der Waals surface area contributed by atoms with Crippen LogP contribution in [0.4, 0.5) is 39.3 Å². The summed E-state index contributed by atoms with van der Waals surface area (Å²) in [7, 11) is 4.83. The number of likely N-dealkylation sites (N-methyl/N-ethyl adjacent to an activating group) is 1. The van der Waals surface area contributed by atoms with Gasteiger partial charge in [-0.2, -0.15) is 4.98 Å². The van der Waals surface area contributed by atoms with E-state index in [4.69, 9.17) is 19.2 Å². The third-order valence-electron chi connectivity index (χ3n) is 8.76. The molecule has 3 aromatic carbocycles. The maximum absolute atomic E-state index is 14.5. The lowest BCUT2D eigenvalue weighted by atomic mass is 10.1. The van der Waals surface area contributed by atoms with Crippen LogP contribution in [0.2, 0.25) is 0 Å². The first-order valence-corrected chi connectivity index (χ1v) is 15.5. The molecule has 1 saturated heterocycles. The maximum atomic E-state index is 14.5. The van der Waals surface area contributed by atoms with Gasteiger partial charge in [-0.3, -0.25) is 4.90 Å². The van der Waals surface area contributed by atoms with Crippen molar-refractivity contribution >= 4 is 40.5 Å². The van der Waals surface area contributed by atoms with Crippen LogP contribution in [0, 0.1) is 13.8 Å². The third-order valence-corrected chi connectivity index (χ3v) is 8.76. The number of hydrogen-bond donors (Lipinski definition) is 1. The minimum atomic E-state index is -0.247. The molecule has 3 heterocycles. The number of carbonyl (C=O) groups excluding carboxylic acids is 1. The first-order chi connectivity index (χ1) is 22.3. The molecule has 0 radical (unpaired) electrons. The van der Waals surface area contributed by atoms with E-state index in [1.54, 1.807) is 49.5 Å². The number of hydrogen-bond acceptors (Lipinski definition) is 9. The van der Waals surface area contributed by atoms with Crippen LogP contribution in [0.3, 0.4) is 0 Å². The van der Waals surface area contributed by atoms with Gasteiger partial charge < -0.3 is 29.3 Å². The second-order valence-electron chi connectivity index (χ2n) is 11.5. The van der Waals surface area contributed by atoms with Crippen LogP contribution in [-0.4, -0.2) is 75.0 Å². The van der Waals surface area contributed by atoms with Gasteiger partial charge in [-0.25, -0.2) is 14.7 Å². The van der Waals surface area contributed by atoms with E-state index in [0.29, 0.717) is 41.2 Å². The number of urea groups is 1. The molecule has 11 nitrogen and oxygen atoms in total. The minimum absolute atomic E-state index is 0.247. The van der Waals surface area contributed by atoms with Crippen LogP contribution in [0.15, 0.2) is 60.8 Å². The number of para-hydroxylation sites is 1. The molecule has 0 aliphatic carbocycles. The van der Waals surface area contributed by atoms with Crippen LogP contribution in [0.25, 0.3) is 0 Å². The van der Waals surface area contributed by atoms with Gasteiger partial charge in [0.2, 0.25) is 5.95 Å². The van der Waals surface area contributed by atoms with Crippen molar-refractivity contribution < 1.29 is 19.0 Å². The Morgan fingerprint density at radius 3 is 2.28 bits per heavy atom. The summed E-state index contributed by atoms with van der Waals surface area (Å²) in [6.45, 7) is 11.6. The van der Waals surface area contributed by atoms with E-state index in [2.05, 4.69) is 33.1 Å². The zero-order chi connectivity index (χ0) is 32.4. The van der Waals surface area contributed by atoms with E-state index < -0.39 is 0 Å². The van der Waals surface area contributed by atoms with Crippen LogP contribution in [-0.2, 0) is 6.54 Å². The number of amides is 2. The Balaban J connectivity index is 1.38. The molecule has 1 N–H and O–H groups in total. The molecular weight excluding hydrogens is 582 g/mol. The molecule has 46 heavy (non-hydrogen) atoms. The van der Waals surface area contributed by atoms with Crippen molar-refractivity contribution in [2.75, 3.05) is 74.1 Å². The lowest BCUT2D eigenvalue weighted by molar-refractivity contribution is 0.252. The van der Waals surface area contributed by atoms with E-state index in [9.17, 15) is 4.79 Å². The Morgan fingerprint density at radius 1 is 0.870 bits per heavy atom. The molecule has 240 valence electrons. The Labute approximate surface area is 270 Å². The van der Waals surface area contributed by atoms with Crippen molar-refractivity contribution in [3.63, 3.8) is 0 Å². The van der Waals surface area contributed by atoms with Crippen LogP contribution < -0.4 is 34.2 Å². The predicted octanol–water partition coefficient (Wildman–Crippen LogP) is 6.28. The number of aromatic nitrogens is 2. The number of methoxy groups -OCH3 is 3. The van der Waals surface area contributed by atoms with Gasteiger partial charge in [-0.05, 0) is 55.8 Å². The predicted molar refractivity (Wildman–Crippen MR) is 182 cm³/mol. The zero-order valence-electron chi connectivity index (χ0n) is 27.3. The number of aryl methyl sites for hydroxylation is 2. The number of nitrogens with zero attached hydrogens (tertiary/aromatic N) is 6. The molecule has 0 spiro atoms. The molecule has 1 aromatic heterocycles. The van der Waals surface area contributed by atoms with Gasteiger partial charge in [-0.15, -0.1) is 0 Å². The Kier molecular flexibility index (Phi) is 8.85. The number of benzene rings is 3. The van der Waals surface area contributed by atoms with Crippen molar-refractivity contribution in [2.24, 2.45) is 0 Å². The highest BCUT2D eigenvalue weighted by Gasteiger charge is 2.37. The molecule has 11 heteroatoms. The van der Waals surface area contributed by atoms with Crippen molar-refractivity contribution in [3.8, 4) is 17.2 Å². The molecule has 0 unspecified atom stereocenters. The molecule has 2 aliphatic rings. The van der Waals surface area contributed by atoms with Crippen LogP contribution in [0.1, 0.15) is 23.6 Å². The van der Waals surface area contributed by atoms with Gasteiger partial charge in [0.15, 0.2) is 5.82 Å². The highest BCUT2D eigenvalue weighted by molar-refractivity contribution is 6.11. The minimum Gasteiger partial charge on any atom is -0.497 e. The molecule has 6 rings (SSSR count). The van der Waals surface area contributed by atoms with Crippen molar-refractivity contribution in [3.05, 3.63) is 77.5 Å². The second-order valence-corrected chi connectivity index (χ2v) is 11.5. The van der Waals surface area contributed by atoms with E-state index >= 15 is 0 Å². The third kappa shape index (κ3) is 5.85. The van der Waals surface area contributed by atoms with Gasteiger partial charge in [-0.1, -0.05) is 25.1 Å². The molecule has 0 atom stereocenters. The number of anilines is 6. The van der Waals surface area contributed by atoms with Crippen LogP contribution in [0.5, 0.6) is 17.2 Å². The Morgan fingerprint density at radius 2 is 1.61 bits per heavy atom. The summed E-state index contributed by atoms with van der Waals surface area (Å²) in [6, 6.07) is 17.3. The standard InChI is InChI=1S/C35H41N7O4/c1-7-39-15-17-40(18-16-39)26-11-13-28(30(19-26)45-5)37-34-36-21-25-22-41(32-23(2)9-8-10-24(32)3)35(43)42(33(25)38-34)29-14-12-27(44-4)20-31(29)46-6/h8-14,19-21H,7,15-18,22H2,1-6H3,(H,36,37,38). The molecule has 0 saturated carbocycles. The molecule has 1 fully saturated rings. The van der Waals surface area contributed by atoms with Crippen molar-refractivity contribution in [1.82, 2.24) is 14.9 Å². The fraction of sp³-hybridized carbons (Fsp3) is 0.343. The summed E-state index contributed by atoms with van der Waals surface area (Å²) in [6.07, 6.45) is 1.77. The zero-order valence-corrected chi connectivity index (χ0v) is 27.3. The first kappa shape index (κ1) is 31.0. The lowest BCUT2D eigenvalue weighted by Crippen LogP contribution is -2.46. The smallest absolute Gasteiger partial charge is 0.335 e. The lowest BCUT2D eigenvalue weighted by Gasteiger charge is -2.37. The van der Waals surface area contributed by atoms with Gasteiger partial charge in [0, 0.05) is 55.8 Å². The summed E-state index contributed by atoms with van der Waals surface area (Å²) in [4.78, 5) is 32.3. The summed E-state index contributed by atoms with van der Waals surface area (Å²) in [5.41, 5.74) is 6.03. The average Bonchev–Trinajstić information content (AvgIpc) is 3.08. The van der Waals surface area contributed by atoms with Gasteiger partial charge in [0.1, 0.15) is 17.2 Å². The number of rotatable bonds is 9.